The molecule has 0 aromatic carbocycles. The SMILES string of the molecule is [2H]c1nc(N)n(C([2H])([2H])C([2H])([2H])[2H])c1Br. The van der Waals surface area contributed by atoms with Crippen LogP contribution in [0.1, 0.15) is 15.1 Å². The van der Waals surface area contributed by atoms with Gasteiger partial charge in [0.2, 0.25) is 5.95 Å². The smallest absolute Gasteiger partial charge is 0.200 e. The van der Waals surface area contributed by atoms with Crippen molar-refractivity contribution in [3.63, 3.8) is 0 Å². The minimum absolute atomic E-state index is 0.0962. The summed E-state index contributed by atoms with van der Waals surface area (Å²) in [5, 5.41) is 0. The van der Waals surface area contributed by atoms with Crippen molar-refractivity contribution < 1.29 is 8.22 Å². The number of imidazole rings is 1. The van der Waals surface area contributed by atoms with E-state index in [0.29, 0.717) is 4.57 Å². The predicted octanol–water partition coefficient (Wildman–Crippen LogP) is 1.25. The van der Waals surface area contributed by atoms with Crippen LogP contribution in [0.5, 0.6) is 0 Å². The van der Waals surface area contributed by atoms with Crippen LogP contribution in [0.25, 0.3) is 0 Å². The molecule has 1 rings (SSSR count). The van der Waals surface area contributed by atoms with Crippen molar-refractivity contribution in [3.05, 3.63) is 10.8 Å². The van der Waals surface area contributed by atoms with E-state index in [-0.39, 0.29) is 16.7 Å². The standard InChI is InChI=1S/C5H8BrN3/c1-2-9-4(6)3-8-5(9)7/h3H,2H2,1H3,(H2,7,8)/i1D3,2D2,3D. The summed E-state index contributed by atoms with van der Waals surface area (Å²) in [6.07, 6.45) is -0.305. The lowest BCUT2D eigenvalue weighted by Gasteiger charge is -1.98. The molecule has 50 valence electrons. The van der Waals surface area contributed by atoms with Gasteiger partial charge in [-0.25, -0.2) is 4.98 Å². The van der Waals surface area contributed by atoms with Crippen LogP contribution in [0.3, 0.4) is 0 Å². The molecule has 1 aromatic rings. The highest BCUT2D eigenvalue weighted by molar-refractivity contribution is 9.10. The second kappa shape index (κ2) is 2.39. The third-order valence-corrected chi connectivity index (χ3v) is 1.33. The minimum Gasteiger partial charge on any atom is -0.369 e. The zero-order valence-electron chi connectivity index (χ0n) is 10.3. The molecule has 0 fully saturated rings. The molecule has 1 aromatic heterocycles. The van der Waals surface area contributed by atoms with Crippen molar-refractivity contribution in [2.45, 2.75) is 13.3 Å². The van der Waals surface area contributed by atoms with Crippen LogP contribution in [-0.4, -0.2) is 9.55 Å². The lowest BCUT2D eigenvalue weighted by Crippen LogP contribution is -2.00. The summed E-state index contributed by atoms with van der Waals surface area (Å²) in [4.78, 5) is 3.46. The lowest BCUT2D eigenvalue weighted by molar-refractivity contribution is 0.758. The molecular weight excluding hydrogens is 182 g/mol. The zero-order valence-corrected chi connectivity index (χ0v) is 5.94. The average molecular weight is 196 g/mol. The summed E-state index contributed by atoms with van der Waals surface area (Å²) in [7, 11) is 0. The van der Waals surface area contributed by atoms with E-state index in [2.05, 4.69) is 20.9 Å². The van der Waals surface area contributed by atoms with Gasteiger partial charge in [-0.1, -0.05) is 0 Å². The molecule has 2 N–H and O–H groups in total. The van der Waals surface area contributed by atoms with E-state index in [9.17, 15) is 0 Å². The van der Waals surface area contributed by atoms with Gasteiger partial charge in [0.05, 0.1) is 7.54 Å². The second-order valence-corrected chi connectivity index (χ2v) is 2.07. The van der Waals surface area contributed by atoms with Crippen molar-refractivity contribution in [1.29, 1.82) is 0 Å². The number of rotatable bonds is 1. The Hall–Kier alpha value is -0.510. The fourth-order valence-electron chi connectivity index (χ4n) is 0.410. The van der Waals surface area contributed by atoms with Gasteiger partial charge in [-0.3, -0.25) is 0 Å². The van der Waals surface area contributed by atoms with E-state index >= 15 is 0 Å². The topological polar surface area (TPSA) is 43.8 Å². The first-order valence-corrected chi connectivity index (χ1v) is 2.89. The maximum absolute atomic E-state index is 7.45. The molecule has 0 amide bonds. The fraction of sp³-hybridized carbons (Fsp3) is 0.400. The van der Waals surface area contributed by atoms with Crippen molar-refractivity contribution in [2.24, 2.45) is 0 Å². The molecular formula is C5H8BrN3. The second-order valence-electron chi connectivity index (χ2n) is 1.32. The Morgan fingerprint density at radius 1 is 2.33 bits per heavy atom. The monoisotopic (exact) mass is 195 g/mol. The first-order valence-electron chi connectivity index (χ1n) is 5.10. The Labute approximate surface area is 70.4 Å². The molecule has 3 nitrogen and oxygen atoms in total. The average Bonchev–Trinajstić information content (AvgIpc) is 2.24. The third kappa shape index (κ3) is 1.08. The van der Waals surface area contributed by atoms with Crippen molar-refractivity contribution >= 4 is 21.9 Å². The van der Waals surface area contributed by atoms with E-state index in [1.54, 1.807) is 0 Å². The Morgan fingerprint density at radius 3 is 3.56 bits per heavy atom. The highest BCUT2D eigenvalue weighted by atomic mass is 79.9. The van der Waals surface area contributed by atoms with E-state index in [4.69, 9.17) is 14.0 Å². The van der Waals surface area contributed by atoms with Gasteiger partial charge in [-0.05, 0) is 22.8 Å². The van der Waals surface area contributed by atoms with Gasteiger partial charge in [-0.2, -0.15) is 0 Å². The van der Waals surface area contributed by atoms with Gasteiger partial charge in [0.15, 0.2) is 0 Å². The molecule has 0 atom stereocenters. The van der Waals surface area contributed by atoms with Crippen LogP contribution in [0, 0.1) is 0 Å². The number of nitrogen functional groups attached to an aromatic ring is 1. The highest BCUT2D eigenvalue weighted by Gasteiger charge is 1.99. The molecule has 0 unspecified atom stereocenters. The summed E-state index contributed by atoms with van der Waals surface area (Å²) in [6.45, 7) is -5.60. The number of hydrogen-bond donors (Lipinski definition) is 1. The van der Waals surface area contributed by atoms with Crippen LogP contribution in [0.15, 0.2) is 10.8 Å². The Balaban J connectivity index is 3.39. The summed E-state index contributed by atoms with van der Waals surface area (Å²) >= 11 is 2.87. The molecule has 0 spiro atoms. The van der Waals surface area contributed by atoms with E-state index in [1.807, 2.05) is 0 Å². The predicted molar refractivity (Wildman–Crippen MR) is 40.0 cm³/mol. The van der Waals surface area contributed by atoms with Crippen LogP contribution >= 0.6 is 15.9 Å². The first-order chi connectivity index (χ1) is 6.59. The van der Waals surface area contributed by atoms with Gasteiger partial charge in [0.1, 0.15) is 4.60 Å². The van der Waals surface area contributed by atoms with Crippen molar-refractivity contribution in [3.8, 4) is 0 Å². The molecule has 1 heterocycles. The molecule has 0 aliphatic heterocycles. The highest BCUT2D eigenvalue weighted by Crippen LogP contribution is 2.12. The lowest BCUT2D eigenvalue weighted by atomic mass is 10.7. The Morgan fingerprint density at radius 2 is 3.11 bits per heavy atom. The Kier molecular flexibility index (Phi) is 0.602. The molecule has 0 radical (unpaired) electrons. The largest absolute Gasteiger partial charge is 0.369 e. The number of anilines is 1. The van der Waals surface area contributed by atoms with Gasteiger partial charge in [0.25, 0.3) is 0 Å². The number of aromatic nitrogens is 2. The molecule has 0 saturated carbocycles. The Bertz CT molecular complexity index is 383. The quantitative estimate of drug-likeness (QED) is 0.734. The van der Waals surface area contributed by atoms with Crippen LogP contribution < -0.4 is 5.73 Å². The maximum Gasteiger partial charge on any atom is 0.200 e. The minimum atomic E-state index is -2.89. The third-order valence-electron chi connectivity index (χ3n) is 0.800. The number of nitrogens with zero attached hydrogens (tertiary/aromatic N) is 2. The number of nitrogens with two attached hydrogens (primary N) is 1. The molecule has 0 saturated heterocycles. The maximum atomic E-state index is 7.45. The molecule has 0 aliphatic rings. The van der Waals surface area contributed by atoms with Crippen LogP contribution in [-0.2, 0) is 6.50 Å². The number of hydrogen-bond acceptors (Lipinski definition) is 2. The number of halogens is 1. The van der Waals surface area contributed by atoms with Crippen LogP contribution in [0.4, 0.5) is 5.95 Å². The van der Waals surface area contributed by atoms with Gasteiger partial charge in [0, 0.05) is 13.4 Å². The van der Waals surface area contributed by atoms with E-state index in [1.165, 1.54) is 0 Å². The van der Waals surface area contributed by atoms with Crippen LogP contribution in [0.2, 0.25) is 0 Å². The molecule has 0 bridgehead atoms. The zero-order chi connectivity index (χ0) is 12.0. The van der Waals surface area contributed by atoms with E-state index < -0.39 is 13.3 Å². The fourth-order valence-corrected chi connectivity index (χ4v) is 0.769. The normalized spacial score (nSPS) is 22.8. The first kappa shape index (κ1) is 2.27. The van der Waals surface area contributed by atoms with Gasteiger partial charge >= 0.3 is 0 Å². The van der Waals surface area contributed by atoms with E-state index in [0.717, 1.165) is 0 Å². The molecule has 0 aliphatic carbocycles. The van der Waals surface area contributed by atoms with Gasteiger partial charge in [-0.15, -0.1) is 0 Å². The summed E-state index contributed by atoms with van der Waals surface area (Å²) in [5.41, 5.74) is 5.34. The van der Waals surface area contributed by atoms with Crippen molar-refractivity contribution in [2.75, 3.05) is 5.73 Å². The molecule has 4 heteroatoms. The molecule has 9 heavy (non-hydrogen) atoms. The summed E-state index contributed by atoms with van der Waals surface area (Å²) in [5.74, 6) is -0.354. The van der Waals surface area contributed by atoms with Crippen molar-refractivity contribution in [1.82, 2.24) is 9.55 Å². The summed E-state index contributed by atoms with van der Waals surface area (Å²) in [6, 6.07) is 0. The van der Waals surface area contributed by atoms with Gasteiger partial charge < -0.3 is 10.3 Å². The summed E-state index contributed by atoms with van der Waals surface area (Å²) < 4.78 is 43.8.